The maximum atomic E-state index is 12.4. The molecule has 1 saturated carbocycles. The summed E-state index contributed by atoms with van der Waals surface area (Å²) in [5.74, 6) is -0.142. The molecule has 6 nitrogen and oxygen atoms in total. The van der Waals surface area contributed by atoms with Crippen LogP contribution in [0.5, 0.6) is 0 Å². The second kappa shape index (κ2) is 6.61. The second-order valence-corrected chi connectivity index (χ2v) is 7.45. The van der Waals surface area contributed by atoms with Crippen LogP contribution in [0.3, 0.4) is 0 Å². The van der Waals surface area contributed by atoms with Gasteiger partial charge in [0.25, 0.3) is 0 Å². The Balaban J connectivity index is 1.97. The van der Waals surface area contributed by atoms with Gasteiger partial charge in [-0.3, -0.25) is 9.48 Å². The minimum atomic E-state index is -0.694. The SMILES string of the molecule is C[C@H](Nc1cnn(C(C)(C)C)c1)C(=O)NC1(C#N)CCCCC1. The van der Waals surface area contributed by atoms with Crippen molar-refractivity contribution in [1.29, 1.82) is 5.26 Å². The molecule has 6 heteroatoms. The molecule has 0 aliphatic heterocycles. The van der Waals surface area contributed by atoms with Gasteiger partial charge in [-0.25, -0.2) is 0 Å². The van der Waals surface area contributed by atoms with Crippen molar-refractivity contribution in [3.05, 3.63) is 12.4 Å². The van der Waals surface area contributed by atoms with Gasteiger partial charge in [0.1, 0.15) is 11.6 Å². The highest BCUT2D eigenvalue weighted by Gasteiger charge is 2.34. The third-order valence-corrected chi connectivity index (χ3v) is 4.33. The largest absolute Gasteiger partial charge is 0.371 e. The minimum absolute atomic E-state index is 0.0988. The summed E-state index contributed by atoms with van der Waals surface area (Å²) < 4.78 is 1.86. The fourth-order valence-corrected chi connectivity index (χ4v) is 2.84. The molecule has 1 aromatic rings. The van der Waals surface area contributed by atoms with Gasteiger partial charge in [-0.05, 0) is 40.5 Å². The third kappa shape index (κ3) is 4.25. The van der Waals surface area contributed by atoms with E-state index in [2.05, 4.69) is 42.6 Å². The van der Waals surface area contributed by atoms with Crippen molar-refractivity contribution in [3.63, 3.8) is 0 Å². The summed E-state index contributed by atoms with van der Waals surface area (Å²) in [6.07, 6.45) is 8.22. The number of carbonyl (C=O) groups excluding carboxylic acids is 1. The predicted molar refractivity (Wildman–Crippen MR) is 89.9 cm³/mol. The lowest BCUT2D eigenvalue weighted by Crippen LogP contribution is -2.52. The summed E-state index contributed by atoms with van der Waals surface area (Å²) in [4.78, 5) is 12.4. The van der Waals surface area contributed by atoms with E-state index >= 15 is 0 Å². The van der Waals surface area contributed by atoms with Gasteiger partial charge in [-0.1, -0.05) is 19.3 Å². The van der Waals surface area contributed by atoms with Crippen LogP contribution in [-0.4, -0.2) is 27.3 Å². The Bertz CT molecular complexity index is 587. The van der Waals surface area contributed by atoms with Crippen LogP contribution in [0.1, 0.15) is 59.8 Å². The number of nitrogens with zero attached hydrogens (tertiary/aromatic N) is 3. The molecular formula is C17H27N5O. The summed E-state index contributed by atoms with van der Waals surface area (Å²) in [5.41, 5.74) is 0.0106. The first-order valence-electron chi connectivity index (χ1n) is 8.31. The molecule has 0 unspecified atom stereocenters. The molecule has 2 rings (SSSR count). The van der Waals surface area contributed by atoms with Gasteiger partial charge in [0, 0.05) is 6.20 Å². The summed E-state index contributed by atoms with van der Waals surface area (Å²) in [7, 11) is 0. The van der Waals surface area contributed by atoms with Gasteiger partial charge in [0.15, 0.2) is 0 Å². The van der Waals surface area contributed by atoms with Crippen molar-refractivity contribution < 1.29 is 4.79 Å². The lowest BCUT2D eigenvalue weighted by Gasteiger charge is -2.32. The molecule has 0 aromatic carbocycles. The summed E-state index contributed by atoms with van der Waals surface area (Å²) in [6.45, 7) is 8.01. The van der Waals surface area contributed by atoms with Gasteiger partial charge in [-0.2, -0.15) is 10.4 Å². The van der Waals surface area contributed by atoms with Crippen molar-refractivity contribution >= 4 is 11.6 Å². The Kier molecular flexibility index (Phi) is 4.98. The third-order valence-electron chi connectivity index (χ3n) is 4.33. The first-order valence-corrected chi connectivity index (χ1v) is 8.31. The van der Waals surface area contributed by atoms with Crippen LogP contribution in [-0.2, 0) is 10.3 Å². The van der Waals surface area contributed by atoms with Crippen molar-refractivity contribution in [1.82, 2.24) is 15.1 Å². The molecule has 126 valence electrons. The van der Waals surface area contributed by atoms with Crippen LogP contribution in [0.15, 0.2) is 12.4 Å². The molecule has 0 spiro atoms. The van der Waals surface area contributed by atoms with E-state index < -0.39 is 11.6 Å². The van der Waals surface area contributed by atoms with Crippen LogP contribution < -0.4 is 10.6 Å². The highest BCUT2D eigenvalue weighted by atomic mass is 16.2. The van der Waals surface area contributed by atoms with Gasteiger partial charge in [0.2, 0.25) is 5.91 Å². The number of nitriles is 1. The van der Waals surface area contributed by atoms with Gasteiger partial charge < -0.3 is 10.6 Å². The van der Waals surface area contributed by atoms with Crippen molar-refractivity contribution in [3.8, 4) is 6.07 Å². The Morgan fingerprint density at radius 1 is 1.39 bits per heavy atom. The molecule has 2 N–H and O–H groups in total. The fourth-order valence-electron chi connectivity index (χ4n) is 2.84. The fraction of sp³-hybridized carbons (Fsp3) is 0.706. The molecule has 0 bridgehead atoms. The van der Waals surface area contributed by atoms with Gasteiger partial charge in [0.05, 0.1) is 23.5 Å². The van der Waals surface area contributed by atoms with E-state index in [1.54, 1.807) is 13.1 Å². The molecule has 1 heterocycles. The van der Waals surface area contributed by atoms with Crippen LogP contribution in [0.2, 0.25) is 0 Å². The quantitative estimate of drug-likeness (QED) is 0.894. The first-order chi connectivity index (χ1) is 10.8. The molecule has 0 radical (unpaired) electrons. The number of carbonyl (C=O) groups is 1. The summed E-state index contributed by atoms with van der Waals surface area (Å²) in [6, 6.07) is 1.90. The Morgan fingerprint density at radius 3 is 2.57 bits per heavy atom. The zero-order valence-electron chi connectivity index (χ0n) is 14.5. The van der Waals surface area contributed by atoms with E-state index in [1.807, 2.05) is 10.9 Å². The first kappa shape index (κ1) is 17.3. The lowest BCUT2D eigenvalue weighted by molar-refractivity contribution is -0.123. The standard InChI is InChI=1S/C17H27N5O/c1-13(20-14-10-19-22(11-14)16(2,3)4)15(23)21-17(12-18)8-6-5-7-9-17/h10-11,13,20H,5-9H2,1-4H3,(H,21,23)/t13-/m0/s1. The van der Waals surface area contributed by atoms with Crippen molar-refractivity contribution in [2.45, 2.75) is 76.9 Å². The molecular weight excluding hydrogens is 290 g/mol. The topological polar surface area (TPSA) is 82.7 Å². The van der Waals surface area contributed by atoms with Crippen LogP contribution in [0, 0.1) is 11.3 Å². The molecule has 1 amide bonds. The summed E-state index contributed by atoms with van der Waals surface area (Å²) in [5, 5.41) is 19.9. The number of anilines is 1. The molecule has 1 atom stereocenters. The number of rotatable bonds is 4. The summed E-state index contributed by atoms with van der Waals surface area (Å²) >= 11 is 0. The van der Waals surface area contributed by atoms with E-state index in [0.717, 1.165) is 37.8 Å². The van der Waals surface area contributed by atoms with Crippen LogP contribution >= 0.6 is 0 Å². The number of hydrogen-bond acceptors (Lipinski definition) is 4. The minimum Gasteiger partial charge on any atom is -0.371 e. The Hall–Kier alpha value is -2.03. The van der Waals surface area contributed by atoms with Gasteiger partial charge in [-0.15, -0.1) is 0 Å². The highest BCUT2D eigenvalue weighted by Crippen LogP contribution is 2.27. The van der Waals surface area contributed by atoms with Crippen LogP contribution in [0.25, 0.3) is 0 Å². The van der Waals surface area contributed by atoms with Gasteiger partial charge >= 0.3 is 0 Å². The molecule has 23 heavy (non-hydrogen) atoms. The highest BCUT2D eigenvalue weighted by molar-refractivity contribution is 5.85. The van der Waals surface area contributed by atoms with E-state index in [4.69, 9.17) is 0 Å². The van der Waals surface area contributed by atoms with Crippen molar-refractivity contribution in [2.75, 3.05) is 5.32 Å². The Labute approximate surface area is 138 Å². The average Bonchev–Trinajstić information content (AvgIpc) is 2.97. The maximum Gasteiger partial charge on any atom is 0.243 e. The zero-order chi connectivity index (χ0) is 17.1. The van der Waals surface area contributed by atoms with E-state index in [1.165, 1.54) is 0 Å². The molecule has 1 aromatic heterocycles. The normalized spacial score (nSPS) is 18.7. The second-order valence-electron chi connectivity index (χ2n) is 7.45. The zero-order valence-corrected chi connectivity index (χ0v) is 14.5. The monoisotopic (exact) mass is 317 g/mol. The number of amides is 1. The average molecular weight is 317 g/mol. The lowest BCUT2D eigenvalue weighted by atomic mass is 9.82. The molecule has 1 aliphatic carbocycles. The number of nitrogens with one attached hydrogen (secondary N) is 2. The maximum absolute atomic E-state index is 12.4. The van der Waals surface area contributed by atoms with E-state index in [9.17, 15) is 10.1 Å². The molecule has 0 saturated heterocycles. The van der Waals surface area contributed by atoms with Crippen LogP contribution in [0.4, 0.5) is 5.69 Å². The predicted octanol–water partition coefficient (Wildman–Crippen LogP) is 2.78. The van der Waals surface area contributed by atoms with Crippen molar-refractivity contribution in [2.24, 2.45) is 0 Å². The number of aromatic nitrogens is 2. The smallest absolute Gasteiger partial charge is 0.243 e. The van der Waals surface area contributed by atoms with E-state index in [-0.39, 0.29) is 11.4 Å². The Morgan fingerprint density at radius 2 is 2.04 bits per heavy atom. The number of hydrogen-bond donors (Lipinski definition) is 2. The molecule has 1 fully saturated rings. The molecule has 1 aliphatic rings. The van der Waals surface area contributed by atoms with E-state index in [0.29, 0.717) is 0 Å².